The predicted octanol–water partition coefficient (Wildman–Crippen LogP) is 2.55. The number of carbonyl (C=O) groups excluding carboxylic acids is 2. The Morgan fingerprint density at radius 2 is 1.62 bits per heavy atom. The number of methoxy groups -OCH3 is 2. The van der Waals surface area contributed by atoms with Crippen LogP contribution in [0.1, 0.15) is 21.5 Å². The first kappa shape index (κ1) is 17.5. The molecule has 1 N–H and O–H groups in total. The Bertz CT molecular complexity index is 723. The summed E-state index contributed by atoms with van der Waals surface area (Å²) in [5, 5.41) is 2.65. The van der Waals surface area contributed by atoms with Gasteiger partial charge < -0.3 is 14.8 Å². The molecule has 0 spiro atoms. The second-order valence-corrected chi connectivity index (χ2v) is 5.39. The maximum absolute atomic E-state index is 12.0. The van der Waals surface area contributed by atoms with Gasteiger partial charge in [0.1, 0.15) is 0 Å². The first-order valence-electron chi connectivity index (χ1n) is 7.65. The van der Waals surface area contributed by atoms with Crippen LogP contribution in [0.5, 0.6) is 11.5 Å². The van der Waals surface area contributed by atoms with Gasteiger partial charge in [0.05, 0.1) is 14.2 Å². The molecule has 0 saturated carbocycles. The lowest BCUT2D eigenvalue weighted by atomic mass is 10.1. The van der Waals surface area contributed by atoms with Gasteiger partial charge in [-0.05, 0) is 31.0 Å². The van der Waals surface area contributed by atoms with Crippen molar-refractivity contribution in [2.75, 3.05) is 20.8 Å². The van der Waals surface area contributed by atoms with Gasteiger partial charge in [-0.3, -0.25) is 9.59 Å². The van der Waals surface area contributed by atoms with Gasteiger partial charge in [-0.2, -0.15) is 0 Å². The summed E-state index contributed by atoms with van der Waals surface area (Å²) < 4.78 is 10.4. The summed E-state index contributed by atoms with van der Waals surface area (Å²) in [6.45, 7) is 2.30. The summed E-state index contributed by atoms with van der Waals surface area (Å²) in [6, 6.07) is 12.5. The Labute approximate surface area is 141 Å². The van der Waals surface area contributed by atoms with Gasteiger partial charge in [0.2, 0.25) is 5.78 Å². The summed E-state index contributed by atoms with van der Waals surface area (Å²) in [5.41, 5.74) is 2.42. The van der Waals surface area contributed by atoms with Gasteiger partial charge in [-0.25, -0.2) is 0 Å². The molecular weight excluding hydrogens is 306 g/mol. The molecule has 0 fully saturated rings. The van der Waals surface area contributed by atoms with Crippen LogP contribution < -0.4 is 14.8 Å². The van der Waals surface area contributed by atoms with Crippen LogP contribution in [0.15, 0.2) is 42.5 Å². The Kier molecular flexibility index (Phi) is 5.95. The van der Waals surface area contributed by atoms with E-state index < -0.39 is 11.7 Å². The zero-order valence-corrected chi connectivity index (χ0v) is 14.1. The lowest BCUT2D eigenvalue weighted by Crippen LogP contribution is -2.32. The van der Waals surface area contributed by atoms with Crippen LogP contribution in [-0.4, -0.2) is 32.5 Å². The third kappa shape index (κ3) is 4.35. The highest BCUT2D eigenvalue weighted by Crippen LogP contribution is 2.27. The van der Waals surface area contributed by atoms with E-state index in [-0.39, 0.29) is 0 Å². The minimum atomic E-state index is -0.598. The zero-order valence-electron chi connectivity index (χ0n) is 14.1. The number of ether oxygens (including phenoxy) is 2. The SMILES string of the molecule is COc1ccc(CCNC(=O)C(=O)c2ccc(C)cc2)cc1OC. The Balaban J connectivity index is 1.90. The van der Waals surface area contributed by atoms with Gasteiger partial charge in [0.25, 0.3) is 5.91 Å². The number of hydrogen-bond acceptors (Lipinski definition) is 4. The Morgan fingerprint density at radius 1 is 0.958 bits per heavy atom. The first-order chi connectivity index (χ1) is 11.5. The van der Waals surface area contributed by atoms with Crippen LogP contribution in [0.3, 0.4) is 0 Å². The van der Waals surface area contributed by atoms with Crippen molar-refractivity contribution in [3.63, 3.8) is 0 Å². The zero-order chi connectivity index (χ0) is 17.5. The van der Waals surface area contributed by atoms with Gasteiger partial charge >= 0.3 is 0 Å². The molecule has 0 atom stereocenters. The van der Waals surface area contributed by atoms with Crippen LogP contribution in [0.4, 0.5) is 0 Å². The number of benzene rings is 2. The molecule has 2 rings (SSSR count). The van der Waals surface area contributed by atoms with Crippen molar-refractivity contribution < 1.29 is 19.1 Å². The molecule has 0 bridgehead atoms. The Hall–Kier alpha value is -2.82. The maximum atomic E-state index is 12.0. The predicted molar refractivity (Wildman–Crippen MR) is 91.8 cm³/mol. The molecule has 126 valence electrons. The molecule has 0 aliphatic heterocycles. The molecule has 2 aromatic rings. The normalized spacial score (nSPS) is 10.1. The van der Waals surface area contributed by atoms with Crippen molar-refractivity contribution in [3.8, 4) is 11.5 Å². The number of Topliss-reactive ketones (excluding diaryl/α,β-unsaturated/α-hetero) is 1. The smallest absolute Gasteiger partial charge is 0.292 e. The minimum absolute atomic E-state index is 0.367. The number of hydrogen-bond donors (Lipinski definition) is 1. The molecule has 0 heterocycles. The van der Waals surface area contributed by atoms with Crippen molar-refractivity contribution in [2.45, 2.75) is 13.3 Å². The van der Waals surface area contributed by atoms with Crippen molar-refractivity contribution in [1.29, 1.82) is 0 Å². The summed E-state index contributed by atoms with van der Waals surface area (Å²) >= 11 is 0. The second-order valence-electron chi connectivity index (χ2n) is 5.39. The van der Waals surface area contributed by atoms with E-state index in [4.69, 9.17) is 9.47 Å². The van der Waals surface area contributed by atoms with Crippen molar-refractivity contribution in [3.05, 3.63) is 59.2 Å². The summed E-state index contributed by atoms with van der Waals surface area (Å²) in [5.74, 6) is 0.165. The fourth-order valence-electron chi connectivity index (χ4n) is 2.27. The molecule has 2 aromatic carbocycles. The summed E-state index contributed by atoms with van der Waals surface area (Å²) in [7, 11) is 3.15. The topological polar surface area (TPSA) is 64.6 Å². The van der Waals surface area contributed by atoms with E-state index >= 15 is 0 Å². The fourth-order valence-corrected chi connectivity index (χ4v) is 2.27. The molecule has 5 heteroatoms. The van der Waals surface area contributed by atoms with Gasteiger partial charge in [-0.15, -0.1) is 0 Å². The molecule has 5 nitrogen and oxygen atoms in total. The highest BCUT2D eigenvalue weighted by molar-refractivity contribution is 6.42. The molecule has 1 amide bonds. The molecule has 24 heavy (non-hydrogen) atoms. The van der Waals surface area contributed by atoms with E-state index in [2.05, 4.69) is 5.32 Å². The van der Waals surface area contributed by atoms with Crippen LogP contribution >= 0.6 is 0 Å². The number of carbonyl (C=O) groups is 2. The standard InChI is InChI=1S/C19H21NO4/c1-13-4-7-15(8-5-13)18(21)19(22)20-11-10-14-6-9-16(23-2)17(12-14)24-3/h4-9,12H,10-11H2,1-3H3,(H,20,22). The molecule has 0 aliphatic carbocycles. The van der Waals surface area contributed by atoms with Crippen LogP contribution in [0.2, 0.25) is 0 Å². The van der Waals surface area contributed by atoms with Crippen LogP contribution in [0.25, 0.3) is 0 Å². The van der Waals surface area contributed by atoms with E-state index in [1.54, 1.807) is 26.4 Å². The molecule has 0 unspecified atom stereocenters. The monoisotopic (exact) mass is 327 g/mol. The molecular formula is C19H21NO4. The van der Waals surface area contributed by atoms with Gasteiger partial charge in [0.15, 0.2) is 11.5 Å². The average molecular weight is 327 g/mol. The summed E-state index contributed by atoms with van der Waals surface area (Å²) in [4.78, 5) is 24.0. The van der Waals surface area contributed by atoms with Gasteiger partial charge in [0, 0.05) is 12.1 Å². The number of amides is 1. The number of aryl methyl sites for hydroxylation is 1. The maximum Gasteiger partial charge on any atom is 0.292 e. The lowest BCUT2D eigenvalue weighted by Gasteiger charge is -2.10. The third-order valence-corrected chi connectivity index (χ3v) is 3.67. The Morgan fingerprint density at radius 3 is 2.25 bits per heavy atom. The van der Waals surface area contributed by atoms with Crippen LogP contribution in [-0.2, 0) is 11.2 Å². The van der Waals surface area contributed by atoms with Crippen molar-refractivity contribution >= 4 is 11.7 Å². The molecule has 0 radical (unpaired) electrons. The largest absolute Gasteiger partial charge is 0.493 e. The van der Waals surface area contributed by atoms with E-state index in [0.717, 1.165) is 11.1 Å². The van der Waals surface area contributed by atoms with Gasteiger partial charge in [-0.1, -0.05) is 35.9 Å². The number of ketones is 1. The highest BCUT2D eigenvalue weighted by atomic mass is 16.5. The number of rotatable bonds is 7. The summed E-state index contributed by atoms with van der Waals surface area (Å²) in [6.07, 6.45) is 0.591. The van der Waals surface area contributed by atoms with E-state index in [9.17, 15) is 9.59 Å². The minimum Gasteiger partial charge on any atom is -0.493 e. The van der Waals surface area contributed by atoms with Crippen molar-refractivity contribution in [2.24, 2.45) is 0 Å². The first-order valence-corrected chi connectivity index (χ1v) is 7.65. The van der Waals surface area contributed by atoms with Crippen LogP contribution in [0, 0.1) is 6.92 Å². The molecule has 0 saturated heterocycles. The fraction of sp³-hybridized carbons (Fsp3) is 0.263. The van der Waals surface area contributed by atoms with E-state index in [1.807, 2.05) is 37.3 Å². The highest BCUT2D eigenvalue weighted by Gasteiger charge is 2.15. The number of nitrogens with one attached hydrogen (secondary N) is 1. The lowest BCUT2D eigenvalue weighted by molar-refractivity contribution is -0.116. The quantitative estimate of drug-likeness (QED) is 0.627. The van der Waals surface area contributed by atoms with E-state index in [1.165, 1.54) is 0 Å². The second kappa shape index (κ2) is 8.15. The van der Waals surface area contributed by atoms with E-state index in [0.29, 0.717) is 30.0 Å². The average Bonchev–Trinajstić information content (AvgIpc) is 2.61. The third-order valence-electron chi connectivity index (χ3n) is 3.67. The van der Waals surface area contributed by atoms with Crippen molar-refractivity contribution in [1.82, 2.24) is 5.32 Å². The molecule has 0 aromatic heterocycles. The molecule has 0 aliphatic rings.